The second-order valence-corrected chi connectivity index (χ2v) is 7.25. The van der Waals surface area contributed by atoms with Crippen molar-refractivity contribution in [2.75, 3.05) is 11.5 Å². The summed E-state index contributed by atoms with van der Waals surface area (Å²) in [5, 5.41) is 9.76. The van der Waals surface area contributed by atoms with Crippen molar-refractivity contribution in [3.05, 3.63) is 0 Å². The molecule has 1 heterocycles. The van der Waals surface area contributed by atoms with E-state index in [-0.39, 0.29) is 0 Å². The molecule has 0 aromatic carbocycles. The molecule has 0 spiro atoms. The molecule has 84 valence electrons. The van der Waals surface area contributed by atoms with Crippen molar-refractivity contribution < 1.29 is 13.5 Å². The molecule has 0 saturated carbocycles. The molecule has 0 radical (unpaired) electrons. The van der Waals surface area contributed by atoms with Gasteiger partial charge in [-0.25, -0.2) is 0 Å². The summed E-state index contributed by atoms with van der Waals surface area (Å²) in [4.78, 5) is 0. The molecule has 0 aliphatic carbocycles. The van der Waals surface area contributed by atoms with Crippen molar-refractivity contribution in [2.45, 2.75) is 43.3 Å². The quantitative estimate of drug-likeness (QED) is 0.787. The average molecular weight is 238 g/mol. The van der Waals surface area contributed by atoms with Crippen molar-refractivity contribution in [1.29, 1.82) is 0 Å². The van der Waals surface area contributed by atoms with E-state index in [1.807, 2.05) is 6.92 Å². The molecule has 5 heteroatoms. The third-order valence-corrected chi connectivity index (χ3v) is 6.71. The monoisotopic (exact) mass is 238 g/mol. The lowest BCUT2D eigenvalue weighted by Crippen LogP contribution is -2.40. The zero-order chi connectivity index (χ0) is 10.6. The van der Waals surface area contributed by atoms with Gasteiger partial charge in [0.05, 0.1) is 6.10 Å². The van der Waals surface area contributed by atoms with Crippen LogP contribution in [0.3, 0.4) is 0 Å². The summed E-state index contributed by atoms with van der Waals surface area (Å²) >= 11 is 0. The Morgan fingerprint density at radius 1 is 1.36 bits per heavy atom. The van der Waals surface area contributed by atoms with E-state index in [0.717, 1.165) is 19.3 Å². The predicted molar refractivity (Wildman–Crippen MR) is 60.0 cm³/mol. The molecular weight excluding hydrogens is 220 g/mol. The third kappa shape index (κ3) is 3.14. The molecule has 0 amide bonds. The molecule has 3 nitrogen and oxygen atoms in total. The van der Waals surface area contributed by atoms with E-state index in [4.69, 9.17) is 0 Å². The first-order chi connectivity index (χ1) is 6.66. The van der Waals surface area contributed by atoms with E-state index in [9.17, 15) is 13.5 Å². The summed E-state index contributed by atoms with van der Waals surface area (Å²) in [5.41, 5.74) is 0. The summed E-state index contributed by atoms with van der Waals surface area (Å²) in [7, 11) is -2.18. The van der Waals surface area contributed by atoms with Gasteiger partial charge >= 0.3 is 0 Å². The summed E-state index contributed by atoms with van der Waals surface area (Å²) in [6.45, 7) is 2.04. The molecule has 14 heavy (non-hydrogen) atoms. The molecule has 3 atom stereocenters. The maximum atomic E-state index is 11.6. The van der Waals surface area contributed by atoms with Crippen LogP contribution in [0, 0.1) is 0 Å². The summed E-state index contributed by atoms with van der Waals surface area (Å²) < 4.78 is 22.6. The highest BCUT2D eigenvalue weighted by Crippen LogP contribution is 2.19. The number of hydrogen-bond donors (Lipinski definition) is 1. The lowest BCUT2D eigenvalue weighted by Gasteiger charge is -2.25. The molecule has 1 N–H and O–H groups in total. The van der Waals surface area contributed by atoms with E-state index < -0.39 is 32.3 Å². The van der Waals surface area contributed by atoms with Crippen molar-refractivity contribution in [3.8, 4) is 0 Å². The zero-order valence-corrected chi connectivity index (χ0v) is 10.1. The van der Waals surface area contributed by atoms with Crippen LogP contribution in [-0.2, 0) is 21.6 Å². The topological polar surface area (TPSA) is 54.4 Å². The van der Waals surface area contributed by atoms with Crippen LogP contribution in [0.4, 0.5) is 0 Å². The zero-order valence-electron chi connectivity index (χ0n) is 8.48. The standard InChI is InChI=1S/C9H18O3S2/c1-2-3-5-8(10)9-13(11)6-4-7-14(9)12/h8-10H,2-7H2,1H3/t8-,9?,13?,14?/m1/s1. The Hall–Kier alpha value is 0.260. The maximum Gasteiger partial charge on any atom is 0.136 e. The van der Waals surface area contributed by atoms with Crippen LogP contribution < -0.4 is 0 Å². The van der Waals surface area contributed by atoms with E-state index in [1.165, 1.54) is 0 Å². The van der Waals surface area contributed by atoms with Gasteiger partial charge in [-0.3, -0.25) is 8.42 Å². The summed E-state index contributed by atoms with van der Waals surface area (Å²) in [6.07, 6.45) is 2.65. The molecule has 0 bridgehead atoms. The first-order valence-electron chi connectivity index (χ1n) is 5.09. The van der Waals surface area contributed by atoms with Crippen LogP contribution in [-0.4, -0.2) is 35.7 Å². The van der Waals surface area contributed by atoms with Crippen LogP contribution in [0.1, 0.15) is 32.6 Å². The second kappa shape index (κ2) is 5.98. The molecule has 2 unspecified atom stereocenters. The first kappa shape index (κ1) is 12.3. The number of aliphatic hydroxyl groups is 1. The Balaban J connectivity index is 2.53. The van der Waals surface area contributed by atoms with Gasteiger partial charge in [0, 0.05) is 33.1 Å². The smallest absolute Gasteiger partial charge is 0.136 e. The molecule has 1 aliphatic rings. The third-order valence-electron chi connectivity index (χ3n) is 2.38. The fourth-order valence-corrected chi connectivity index (χ4v) is 5.61. The SMILES string of the molecule is CCCC[C@@H](O)C1S(=O)CCCS1=O. The average Bonchev–Trinajstić information content (AvgIpc) is 2.14. The van der Waals surface area contributed by atoms with Crippen molar-refractivity contribution in [3.63, 3.8) is 0 Å². The highest BCUT2D eigenvalue weighted by Gasteiger charge is 2.33. The van der Waals surface area contributed by atoms with Crippen LogP contribution in [0.5, 0.6) is 0 Å². The van der Waals surface area contributed by atoms with Gasteiger partial charge in [0.1, 0.15) is 4.58 Å². The molecule has 0 aromatic heterocycles. The van der Waals surface area contributed by atoms with E-state index in [0.29, 0.717) is 17.9 Å². The molecule has 1 saturated heterocycles. The lowest BCUT2D eigenvalue weighted by atomic mass is 10.2. The Labute approximate surface area is 90.2 Å². The minimum atomic E-state index is -1.09. The van der Waals surface area contributed by atoms with Gasteiger partial charge in [-0.2, -0.15) is 0 Å². The number of hydrogen-bond acceptors (Lipinski definition) is 3. The van der Waals surface area contributed by atoms with Crippen molar-refractivity contribution >= 4 is 21.6 Å². The Kier molecular flexibility index (Phi) is 5.26. The number of rotatable bonds is 4. The normalized spacial score (nSPS) is 35.4. The van der Waals surface area contributed by atoms with Gasteiger partial charge in [0.15, 0.2) is 0 Å². The van der Waals surface area contributed by atoms with Crippen LogP contribution >= 0.6 is 0 Å². The van der Waals surface area contributed by atoms with Gasteiger partial charge in [-0.1, -0.05) is 19.8 Å². The van der Waals surface area contributed by atoms with E-state index >= 15 is 0 Å². The first-order valence-corrected chi connectivity index (χ1v) is 7.85. The van der Waals surface area contributed by atoms with Gasteiger partial charge in [0.2, 0.25) is 0 Å². The molecule has 1 aliphatic heterocycles. The molecule has 0 aromatic rings. The Morgan fingerprint density at radius 3 is 2.43 bits per heavy atom. The Bertz CT molecular complexity index is 214. The second-order valence-electron chi connectivity index (χ2n) is 3.60. The van der Waals surface area contributed by atoms with E-state index in [1.54, 1.807) is 0 Å². The van der Waals surface area contributed by atoms with Crippen LogP contribution in [0.2, 0.25) is 0 Å². The highest BCUT2D eigenvalue weighted by atomic mass is 32.2. The minimum Gasteiger partial charge on any atom is -0.391 e. The number of aliphatic hydroxyl groups excluding tert-OH is 1. The van der Waals surface area contributed by atoms with Crippen molar-refractivity contribution in [2.24, 2.45) is 0 Å². The fourth-order valence-electron chi connectivity index (χ4n) is 1.60. The molecule has 1 rings (SSSR count). The largest absolute Gasteiger partial charge is 0.391 e. The Morgan fingerprint density at radius 2 is 1.93 bits per heavy atom. The van der Waals surface area contributed by atoms with Gasteiger partial charge in [0.25, 0.3) is 0 Å². The van der Waals surface area contributed by atoms with Crippen LogP contribution in [0.15, 0.2) is 0 Å². The van der Waals surface area contributed by atoms with Gasteiger partial charge in [-0.05, 0) is 12.8 Å². The lowest BCUT2D eigenvalue weighted by molar-refractivity contribution is 0.175. The van der Waals surface area contributed by atoms with E-state index in [2.05, 4.69) is 0 Å². The maximum absolute atomic E-state index is 11.6. The fraction of sp³-hybridized carbons (Fsp3) is 1.00. The minimum absolute atomic E-state index is 0.490. The highest BCUT2D eigenvalue weighted by molar-refractivity contribution is 8.03. The van der Waals surface area contributed by atoms with Crippen molar-refractivity contribution in [1.82, 2.24) is 0 Å². The molecular formula is C9H18O3S2. The predicted octanol–water partition coefficient (Wildman–Crippen LogP) is 0.765. The number of unbranched alkanes of at least 4 members (excludes halogenated alkanes) is 1. The van der Waals surface area contributed by atoms with Gasteiger partial charge < -0.3 is 5.11 Å². The summed E-state index contributed by atoms with van der Waals surface area (Å²) in [5.74, 6) is 1.19. The van der Waals surface area contributed by atoms with Gasteiger partial charge in [-0.15, -0.1) is 0 Å². The van der Waals surface area contributed by atoms with Crippen LogP contribution in [0.25, 0.3) is 0 Å². The molecule has 1 fully saturated rings. The summed E-state index contributed by atoms with van der Waals surface area (Å²) in [6, 6.07) is 0.